The highest BCUT2D eigenvalue weighted by atomic mass is 35.5. The molecule has 1 aromatic rings. The Morgan fingerprint density at radius 2 is 2.14 bits per heavy atom. The minimum Gasteiger partial charge on any atom is -0.347 e. The number of nitrogens with zero attached hydrogens (tertiary/aromatic N) is 3. The number of nitrogens with one attached hydrogen (secondary N) is 1. The van der Waals surface area contributed by atoms with Gasteiger partial charge in [-0.2, -0.15) is 0 Å². The largest absolute Gasteiger partial charge is 0.347 e. The number of rotatable bonds is 1. The van der Waals surface area contributed by atoms with Gasteiger partial charge in [0.15, 0.2) is 0 Å². The molecule has 0 unspecified atom stereocenters. The van der Waals surface area contributed by atoms with E-state index in [0.717, 1.165) is 30.8 Å². The van der Waals surface area contributed by atoms with Crippen LogP contribution in [0.25, 0.3) is 0 Å². The lowest BCUT2D eigenvalue weighted by atomic mass is 10.1. The zero-order chi connectivity index (χ0) is 10.1. The highest BCUT2D eigenvalue weighted by Gasteiger charge is 2.16. The summed E-state index contributed by atoms with van der Waals surface area (Å²) in [6.07, 6.45) is 0.929. The van der Waals surface area contributed by atoms with Crippen molar-refractivity contribution in [3.05, 3.63) is 16.4 Å². The lowest BCUT2D eigenvalue weighted by molar-refractivity contribution is 0.625. The molecule has 1 aliphatic rings. The molecule has 0 aliphatic carbocycles. The molecule has 5 heteroatoms. The van der Waals surface area contributed by atoms with Crippen molar-refractivity contribution < 1.29 is 0 Å². The first-order valence-electron chi connectivity index (χ1n) is 4.62. The van der Waals surface area contributed by atoms with Crippen LogP contribution in [0.4, 0.5) is 5.95 Å². The van der Waals surface area contributed by atoms with Crippen molar-refractivity contribution in [3.63, 3.8) is 0 Å². The molecule has 0 fully saturated rings. The van der Waals surface area contributed by atoms with Crippen LogP contribution in [-0.4, -0.2) is 30.6 Å². The van der Waals surface area contributed by atoms with E-state index in [9.17, 15) is 0 Å². The number of fused-ring (bicyclic) bond motifs is 1. The minimum absolute atomic E-state index is 0.575. The van der Waals surface area contributed by atoms with Crippen LogP contribution in [0, 0.1) is 0 Å². The summed E-state index contributed by atoms with van der Waals surface area (Å²) in [6, 6.07) is 0. The Balaban J connectivity index is 2.46. The van der Waals surface area contributed by atoms with Crippen LogP contribution < -0.4 is 10.2 Å². The molecule has 0 spiro atoms. The van der Waals surface area contributed by atoms with Crippen LogP contribution in [0.15, 0.2) is 0 Å². The predicted molar refractivity (Wildman–Crippen MR) is 56.8 cm³/mol. The van der Waals surface area contributed by atoms with E-state index in [-0.39, 0.29) is 0 Å². The number of halogens is 1. The van der Waals surface area contributed by atoms with Gasteiger partial charge in [0, 0.05) is 39.2 Å². The van der Waals surface area contributed by atoms with Gasteiger partial charge in [-0.3, -0.25) is 0 Å². The SMILES string of the molecule is CN(C)c1nc(Cl)c2c(n1)CCNC2. The topological polar surface area (TPSA) is 41.1 Å². The smallest absolute Gasteiger partial charge is 0.226 e. The standard InChI is InChI=1S/C9H13ClN4/c1-14(2)9-12-7-3-4-11-5-6(7)8(10)13-9/h11H,3-5H2,1-2H3. The van der Waals surface area contributed by atoms with Gasteiger partial charge in [0.2, 0.25) is 5.95 Å². The summed E-state index contributed by atoms with van der Waals surface area (Å²) in [5, 5.41) is 3.83. The quantitative estimate of drug-likeness (QED) is 0.701. The van der Waals surface area contributed by atoms with Crippen LogP contribution in [0.1, 0.15) is 11.3 Å². The second-order valence-corrected chi connectivity index (χ2v) is 3.92. The van der Waals surface area contributed by atoms with E-state index in [0.29, 0.717) is 11.1 Å². The molecule has 1 aromatic heterocycles. The van der Waals surface area contributed by atoms with Gasteiger partial charge >= 0.3 is 0 Å². The van der Waals surface area contributed by atoms with Crippen LogP contribution >= 0.6 is 11.6 Å². The summed E-state index contributed by atoms with van der Waals surface area (Å²) >= 11 is 6.07. The first-order valence-corrected chi connectivity index (χ1v) is 4.99. The fraction of sp³-hybridized carbons (Fsp3) is 0.556. The highest BCUT2D eigenvalue weighted by molar-refractivity contribution is 6.30. The summed E-state index contributed by atoms with van der Waals surface area (Å²) in [7, 11) is 3.83. The minimum atomic E-state index is 0.575. The van der Waals surface area contributed by atoms with E-state index in [4.69, 9.17) is 11.6 Å². The van der Waals surface area contributed by atoms with Gasteiger partial charge in [0.25, 0.3) is 0 Å². The number of hydrogen-bond acceptors (Lipinski definition) is 4. The number of hydrogen-bond donors (Lipinski definition) is 1. The summed E-state index contributed by atoms with van der Waals surface area (Å²) in [6.45, 7) is 1.75. The summed E-state index contributed by atoms with van der Waals surface area (Å²) in [4.78, 5) is 10.6. The van der Waals surface area contributed by atoms with Gasteiger partial charge in [-0.25, -0.2) is 9.97 Å². The van der Waals surface area contributed by atoms with Crippen LogP contribution in [-0.2, 0) is 13.0 Å². The van der Waals surface area contributed by atoms with Gasteiger partial charge < -0.3 is 10.2 Å². The molecule has 0 saturated carbocycles. The molecule has 0 radical (unpaired) electrons. The summed E-state index contributed by atoms with van der Waals surface area (Å²) in [5.41, 5.74) is 2.12. The maximum absolute atomic E-state index is 6.07. The second-order valence-electron chi connectivity index (χ2n) is 3.56. The Morgan fingerprint density at radius 3 is 2.86 bits per heavy atom. The third kappa shape index (κ3) is 1.67. The molecule has 0 bridgehead atoms. The highest BCUT2D eigenvalue weighted by Crippen LogP contribution is 2.22. The molecule has 1 N–H and O–H groups in total. The van der Waals surface area contributed by atoms with Gasteiger partial charge in [-0.1, -0.05) is 11.6 Å². The second kappa shape index (κ2) is 3.71. The van der Waals surface area contributed by atoms with E-state index in [2.05, 4.69) is 15.3 Å². The summed E-state index contributed by atoms with van der Waals surface area (Å²) < 4.78 is 0. The molecule has 4 nitrogen and oxygen atoms in total. The molecule has 2 heterocycles. The normalized spacial score (nSPS) is 15.1. The molecule has 2 rings (SSSR count). The number of aromatic nitrogens is 2. The molecule has 0 amide bonds. The van der Waals surface area contributed by atoms with Gasteiger partial charge in [-0.05, 0) is 0 Å². The number of anilines is 1. The molecule has 76 valence electrons. The van der Waals surface area contributed by atoms with Gasteiger partial charge in [-0.15, -0.1) is 0 Å². The monoisotopic (exact) mass is 212 g/mol. The first kappa shape index (κ1) is 9.68. The average Bonchev–Trinajstić information content (AvgIpc) is 2.17. The third-order valence-corrected chi connectivity index (χ3v) is 2.58. The van der Waals surface area contributed by atoms with E-state index >= 15 is 0 Å². The van der Waals surface area contributed by atoms with Crippen molar-refractivity contribution in [2.45, 2.75) is 13.0 Å². The maximum Gasteiger partial charge on any atom is 0.226 e. The lowest BCUT2D eigenvalue weighted by Crippen LogP contribution is -2.26. The van der Waals surface area contributed by atoms with Crippen molar-refractivity contribution in [3.8, 4) is 0 Å². The predicted octanol–water partition coefficient (Wildman–Crippen LogP) is 0.842. The zero-order valence-electron chi connectivity index (χ0n) is 8.34. The van der Waals surface area contributed by atoms with Crippen molar-refractivity contribution in [2.24, 2.45) is 0 Å². The average molecular weight is 213 g/mol. The Hall–Kier alpha value is -0.870. The molecule has 0 saturated heterocycles. The Morgan fingerprint density at radius 1 is 1.36 bits per heavy atom. The van der Waals surface area contributed by atoms with E-state index < -0.39 is 0 Å². The lowest BCUT2D eigenvalue weighted by Gasteiger charge is -2.19. The van der Waals surface area contributed by atoms with E-state index in [1.165, 1.54) is 0 Å². The Labute approximate surface area is 88.3 Å². The van der Waals surface area contributed by atoms with Gasteiger partial charge in [0.05, 0.1) is 5.69 Å². The van der Waals surface area contributed by atoms with Gasteiger partial charge in [0.1, 0.15) is 5.15 Å². The maximum atomic E-state index is 6.07. The summed E-state index contributed by atoms with van der Waals surface area (Å²) in [5.74, 6) is 0.690. The van der Waals surface area contributed by atoms with Crippen LogP contribution in [0.3, 0.4) is 0 Å². The first-order chi connectivity index (χ1) is 6.68. The van der Waals surface area contributed by atoms with Crippen LogP contribution in [0.5, 0.6) is 0 Å². The van der Waals surface area contributed by atoms with Crippen LogP contribution in [0.2, 0.25) is 5.15 Å². The molecule has 1 aliphatic heterocycles. The molecular formula is C9H13ClN4. The van der Waals surface area contributed by atoms with Crippen molar-refractivity contribution in [1.29, 1.82) is 0 Å². The Bertz CT molecular complexity index is 351. The fourth-order valence-corrected chi connectivity index (χ4v) is 1.74. The van der Waals surface area contributed by atoms with Crippen molar-refractivity contribution in [1.82, 2.24) is 15.3 Å². The molecule has 14 heavy (non-hydrogen) atoms. The van der Waals surface area contributed by atoms with E-state index in [1.807, 2.05) is 19.0 Å². The molecular weight excluding hydrogens is 200 g/mol. The zero-order valence-corrected chi connectivity index (χ0v) is 9.10. The molecule has 0 atom stereocenters. The Kier molecular flexibility index (Phi) is 2.56. The van der Waals surface area contributed by atoms with Crippen molar-refractivity contribution in [2.75, 3.05) is 25.5 Å². The molecule has 0 aromatic carbocycles. The third-order valence-electron chi connectivity index (χ3n) is 2.27. The fourth-order valence-electron chi connectivity index (χ4n) is 1.49. The van der Waals surface area contributed by atoms with E-state index in [1.54, 1.807) is 0 Å². The van der Waals surface area contributed by atoms with Crippen molar-refractivity contribution >= 4 is 17.5 Å².